The lowest BCUT2D eigenvalue weighted by Crippen LogP contribution is -2.50. The SMILES string of the molecule is CCCCCCC[N+](CCCCCCC)(CCCCCCC)CCCCCCC. The van der Waals surface area contributed by atoms with Crippen molar-refractivity contribution in [2.45, 2.75) is 156 Å². The van der Waals surface area contributed by atoms with Crippen LogP contribution in [0.2, 0.25) is 0 Å². The third-order valence-corrected chi connectivity index (χ3v) is 6.94. The molecule has 0 bridgehead atoms. The second-order valence-electron chi connectivity index (χ2n) is 9.89. The fourth-order valence-electron chi connectivity index (χ4n) is 4.87. The molecular weight excluding hydrogens is 350 g/mol. The zero-order valence-electron chi connectivity index (χ0n) is 21.4. The highest BCUT2D eigenvalue weighted by Crippen LogP contribution is 2.20. The van der Waals surface area contributed by atoms with Crippen LogP contribution in [-0.2, 0) is 0 Å². The van der Waals surface area contributed by atoms with Gasteiger partial charge in [0.2, 0.25) is 0 Å². The summed E-state index contributed by atoms with van der Waals surface area (Å²) in [7, 11) is 0. The molecule has 0 rings (SSSR count). The first-order chi connectivity index (χ1) is 14.2. The predicted octanol–water partition coefficient (Wildman–Crippen LogP) is 9.68. The number of rotatable bonds is 24. The maximum Gasteiger partial charge on any atom is 0.0786 e. The molecule has 0 saturated carbocycles. The van der Waals surface area contributed by atoms with E-state index in [1.807, 2.05) is 0 Å². The highest BCUT2D eigenvalue weighted by Gasteiger charge is 2.25. The molecule has 0 saturated heterocycles. The molecule has 0 radical (unpaired) electrons. The van der Waals surface area contributed by atoms with Crippen LogP contribution in [0.3, 0.4) is 0 Å². The summed E-state index contributed by atoms with van der Waals surface area (Å²) in [4.78, 5) is 0. The Bertz CT molecular complexity index is 237. The molecule has 1 nitrogen and oxygen atoms in total. The van der Waals surface area contributed by atoms with Crippen LogP contribution >= 0.6 is 0 Å². The van der Waals surface area contributed by atoms with Gasteiger partial charge in [0, 0.05) is 0 Å². The average molecular weight is 411 g/mol. The monoisotopic (exact) mass is 410 g/mol. The predicted molar refractivity (Wildman–Crippen MR) is 135 cm³/mol. The van der Waals surface area contributed by atoms with Crippen molar-refractivity contribution in [2.24, 2.45) is 0 Å². The van der Waals surface area contributed by atoms with Crippen LogP contribution in [0, 0.1) is 0 Å². The Labute approximate surface area is 187 Å². The second kappa shape index (κ2) is 22.6. The molecule has 0 aliphatic heterocycles. The molecular formula is C28H60N+. The zero-order chi connectivity index (χ0) is 21.5. The molecule has 176 valence electrons. The summed E-state index contributed by atoms with van der Waals surface area (Å²) in [5, 5.41) is 0. The highest BCUT2D eigenvalue weighted by atomic mass is 15.3. The van der Waals surface area contributed by atoms with Gasteiger partial charge in [-0.25, -0.2) is 0 Å². The van der Waals surface area contributed by atoms with Crippen molar-refractivity contribution >= 4 is 0 Å². The Hall–Kier alpha value is -0.0400. The van der Waals surface area contributed by atoms with E-state index < -0.39 is 0 Å². The van der Waals surface area contributed by atoms with E-state index in [0.29, 0.717) is 0 Å². The number of unbranched alkanes of at least 4 members (excludes halogenated alkanes) is 16. The molecule has 0 aromatic carbocycles. The van der Waals surface area contributed by atoms with Crippen LogP contribution in [0.25, 0.3) is 0 Å². The quantitative estimate of drug-likeness (QED) is 0.110. The summed E-state index contributed by atoms with van der Waals surface area (Å²) in [5.74, 6) is 0. The maximum atomic E-state index is 2.34. The zero-order valence-corrected chi connectivity index (χ0v) is 21.4. The molecule has 0 aliphatic carbocycles. The molecule has 0 fully saturated rings. The van der Waals surface area contributed by atoms with Crippen LogP contribution < -0.4 is 0 Å². The Morgan fingerprint density at radius 1 is 0.276 bits per heavy atom. The van der Waals surface area contributed by atoms with Crippen molar-refractivity contribution in [1.82, 2.24) is 0 Å². The average Bonchev–Trinajstić information content (AvgIpc) is 2.73. The molecule has 0 spiro atoms. The minimum absolute atomic E-state index is 1.37. The third-order valence-electron chi connectivity index (χ3n) is 6.94. The van der Waals surface area contributed by atoms with E-state index in [0.717, 1.165) is 0 Å². The largest absolute Gasteiger partial charge is 0.324 e. The normalized spacial score (nSPS) is 12.0. The van der Waals surface area contributed by atoms with Crippen molar-refractivity contribution in [3.8, 4) is 0 Å². The van der Waals surface area contributed by atoms with Crippen LogP contribution in [-0.4, -0.2) is 30.7 Å². The molecule has 0 unspecified atom stereocenters. The molecule has 0 atom stereocenters. The van der Waals surface area contributed by atoms with E-state index in [1.54, 1.807) is 0 Å². The van der Waals surface area contributed by atoms with Gasteiger partial charge in [0.25, 0.3) is 0 Å². The Kier molecular flexibility index (Phi) is 22.6. The lowest BCUT2D eigenvalue weighted by Gasteiger charge is -2.39. The Balaban J connectivity index is 4.69. The second-order valence-corrected chi connectivity index (χ2v) is 9.89. The van der Waals surface area contributed by atoms with Crippen molar-refractivity contribution in [3.05, 3.63) is 0 Å². The first-order valence-electron chi connectivity index (χ1n) is 14.1. The van der Waals surface area contributed by atoms with Gasteiger partial charge in [-0.15, -0.1) is 0 Å². The molecule has 0 aliphatic rings. The van der Waals surface area contributed by atoms with E-state index in [1.165, 1.54) is 159 Å². The van der Waals surface area contributed by atoms with Gasteiger partial charge in [0.05, 0.1) is 26.2 Å². The molecule has 0 aromatic rings. The molecule has 29 heavy (non-hydrogen) atoms. The van der Waals surface area contributed by atoms with Gasteiger partial charge >= 0.3 is 0 Å². The number of hydrogen-bond donors (Lipinski definition) is 0. The number of hydrogen-bond acceptors (Lipinski definition) is 0. The summed E-state index contributed by atoms with van der Waals surface area (Å²) in [6.07, 6.45) is 28.8. The minimum Gasteiger partial charge on any atom is -0.324 e. The first kappa shape index (κ1) is 29.0. The number of nitrogens with zero attached hydrogens (tertiary/aromatic N) is 1. The smallest absolute Gasteiger partial charge is 0.0786 e. The van der Waals surface area contributed by atoms with Crippen LogP contribution in [0.4, 0.5) is 0 Å². The van der Waals surface area contributed by atoms with Gasteiger partial charge < -0.3 is 4.48 Å². The topological polar surface area (TPSA) is 0 Å². The molecule has 0 amide bonds. The number of quaternary nitrogens is 1. The van der Waals surface area contributed by atoms with Gasteiger partial charge in [-0.2, -0.15) is 0 Å². The van der Waals surface area contributed by atoms with E-state index >= 15 is 0 Å². The lowest BCUT2D eigenvalue weighted by atomic mass is 10.1. The van der Waals surface area contributed by atoms with Gasteiger partial charge in [0.1, 0.15) is 0 Å². The summed E-state index contributed by atoms with van der Waals surface area (Å²) >= 11 is 0. The van der Waals surface area contributed by atoms with Crippen molar-refractivity contribution in [1.29, 1.82) is 0 Å². The summed E-state index contributed by atoms with van der Waals surface area (Å²) in [6.45, 7) is 15.2. The molecule has 0 heterocycles. The van der Waals surface area contributed by atoms with Crippen molar-refractivity contribution in [2.75, 3.05) is 26.2 Å². The molecule has 1 heteroatoms. The fraction of sp³-hybridized carbons (Fsp3) is 1.00. The van der Waals surface area contributed by atoms with Gasteiger partial charge in [0.15, 0.2) is 0 Å². The molecule has 0 N–H and O–H groups in total. The summed E-state index contributed by atoms with van der Waals surface area (Å²) in [5.41, 5.74) is 0. The summed E-state index contributed by atoms with van der Waals surface area (Å²) in [6, 6.07) is 0. The van der Waals surface area contributed by atoms with Gasteiger partial charge in [-0.3, -0.25) is 0 Å². The van der Waals surface area contributed by atoms with E-state index in [9.17, 15) is 0 Å². The fourth-order valence-corrected chi connectivity index (χ4v) is 4.87. The van der Waals surface area contributed by atoms with E-state index in [4.69, 9.17) is 0 Å². The minimum atomic E-state index is 1.37. The standard InChI is InChI=1S/C28H60N/c1-5-9-13-17-21-25-29(26-22-18-14-10-6-2,27-23-19-15-11-7-3)28-24-20-16-12-8-4/h5-28H2,1-4H3/q+1. The van der Waals surface area contributed by atoms with E-state index in [2.05, 4.69) is 27.7 Å². The first-order valence-corrected chi connectivity index (χ1v) is 14.1. The maximum absolute atomic E-state index is 2.34. The van der Waals surface area contributed by atoms with E-state index in [-0.39, 0.29) is 0 Å². The Morgan fingerprint density at radius 3 is 0.690 bits per heavy atom. The van der Waals surface area contributed by atoms with Crippen molar-refractivity contribution in [3.63, 3.8) is 0 Å². The third kappa shape index (κ3) is 18.4. The highest BCUT2D eigenvalue weighted by molar-refractivity contribution is 4.54. The summed E-state index contributed by atoms with van der Waals surface area (Å²) < 4.78 is 1.47. The van der Waals surface area contributed by atoms with Crippen LogP contribution in [0.15, 0.2) is 0 Å². The van der Waals surface area contributed by atoms with Gasteiger partial charge in [-0.05, 0) is 51.4 Å². The van der Waals surface area contributed by atoms with Crippen molar-refractivity contribution < 1.29 is 4.48 Å². The molecule has 0 aromatic heterocycles. The van der Waals surface area contributed by atoms with Crippen LogP contribution in [0.1, 0.15) is 156 Å². The van der Waals surface area contributed by atoms with Gasteiger partial charge in [-0.1, -0.05) is 105 Å². The van der Waals surface area contributed by atoms with Crippen LogP contribution in [0.5, 0.6) is 0 Å². The Morgan fingerprint density at radius 2 is 0.483 bits per heavy atom. The lowest BCUT2D eigenvalue weighted by molar-refractivity contribution is -0.929.